The highest BCUT2D eigenvalue weighted by Crippen LogP contribution is 2.38. The third-order valence-corrected chi connectivity index (χ3v) is 3.45. The molecule has 0 saturated carbocycles. The van der Waals surface area contributed by atoms with Crippen LogP contribution >= 0.6 is 0 Å². The molecule has 1 aromatic carbocycles. The average Bonchev–Trinajstić information content (AvgIpc) is 2.74. The summed E-state index contributed by atoms with van der Waals surface area (Å²) in [6.07, 6.45) is 6.44. The highest BCUT2D eigenvalue weighted by molar-refractivity contribution is 5.32. The highest BCUT2D eigenvalue weighted by atomic mass is 16.5. The second kappa shape index (κ2) is 3.82. The number of hydrogen-bond donors (Lipinski definition) is 0. The molecule has 78 valence electrons. The standard InChI is InChI=1S/C14H16O/c1-2-5-11(6-3-1)13-9-12-7-4-8-15-14(12)10-13/h1-3,5-6,9,13-14H,4,7-8,10H2. The predicted molar refractivity (Wildman–Crippen MR) is 60.9 cm³/mol. The van der Waals surface area contributed by atoms with Gasteiger partial charge in [0.05, 0.1) is 6.10 Å². The van der Waals surface area contributed by atoms with E-state index in [0.29, 0.717) is 12.0 Å². The Balaban J connectivity index is 1.83. The van der Waals surface area contributed by atoms with Crippen LogP contribution in [0.4, 0.5) is 0 Å². The Morgan fingerprint density at radius 3 is 2.80 bits per heavy atom. The molecule has 1 nitrogen and oxygen atoms in total. The van der Waals surface area contributed by atoms with E-state index in [4.69, 9.17) is 4.74 Å². The Bertz CT molecular complexity index is 366. The van der Waals surface area contributed by atoms with Crippen molar-refractivity contribution in [2.24, 2.45) is 0 Å². The van der Waals surface area contributed by atoms with Crippen LogP contribution in [0.3, 0.4) is 0 Å². The number of allylic oxidation sites excluding steroid dienone is 1. The van der Waals surface area contributed by atoms with Crippen LogP contribution in [0.5, 0.6) is 0 Å². The molecule has 3 rings (SSSR count). The molecule has 2 aliphatic rings. The van der Waals surface area contributed by atoms with Crippen LogP contribution in [-0.4, -0.2) is 12.7 Å². The fraction of sp³-hybridized carbons (Fsp3) is 0.429. The van der Waals surface area contributed by atoms with Gasteiger partial charge in [-0.05, 0) is 30.4 Å². The Morgan fingerprint density at radius 2 is 2.00 bits per heavy atom. The van der Waals surface area contributed by atoms with Crippen LogP contribution in [0.1, 0.15) is 30.7 Å². The number of benzene rings is 1. The lowest BCUT2D eigenvalue weighted by Gasteiger charge is -2.21. The first kappa shape index (κ1) is 9.17. The third-order valence-electron chi connectivity index (χ3n) is 3.45. The smallest absolute Gasteiger partial charge is 0.0794 e. The van der Waals surface area contributed by atoms with E-state index in [2.05, 4.69) is 36.4 Å². The molecule has 1 aromatic rings. The van der Waals surface area contributed by atoms with E-state index < -0.39 is 0 Å². The van der Waals surface area contributed by atoms with E-state index in [1.165, 1.54) is 24.0 Å². The number of rotatable bonds is 1. The third kappa shape index (κ3) is 1.72. The second-order valence-electron chi connectivity index (χ2n) is 4.46. The van der Waals surface area contributed by atoms with E-state index in [-0.39, 0.29) is 0 Å². The molecule has 15 heavy (non-hydrogen) atoms. The monoisotopic (exact) mass is 200 g/mol. The molecule has 1 aliphatic carbocycles. The van der Waals surface area contributed by atoms with Gasteiger partial charge in [-0.3, -0.25) is 0 Å². The van der Waals surface area contributed by atoms with Gasteiger partial charge in [0, 0.05) is 12.5 Å². The molecule has 1 heteroatoms. The molecule has 0 bridgehead atoms. The highest BCUT2D eigenvalue weighted by Gasteiger charge is 2.29. The lowest BCUT2D eigenvalue weighted by molar-refractivity contribution is 0.0531. The van der Waals surface area contributed by atoms with Crippen LogP contribution in [0.25, 0.3) is 0 Å². The summed E-state index contributed by atoms with van der Waals surface area (Å²) in [4.78, 5) is 0. The van der Waals surface area contributed by atoms with Crippen molar-refractivity contribution < 1.29 is 4.74 Å². The van der Waals surface area contributed by atoms with Gasteiger partial charge >= 0.3 is 0 Å². The van der Waals surface area contributed by atoms with Crippen LogP contribution in [-0.2, 0) is 4.74 Å². The van der Waals surface area contributed by atoms with Gasteiger partial charge < -0.3 is 4.74 Å². The number of hydrogen-bond acceptors (Lipinski definition) is 1. The molecule has 1 heterocycles. The van der Waals surface area contributed by atoms with Crippen LogP contribution in [0.2, 0.25) is 0 Å². The molecule has 0 radical (unpaired) electrons. The molecule has 0 aromatic heterocycles. The maximum Gasteiger partial charge on any atom is 0.0794 e. The summed E-state index contributed by atoms with van der Waals surface area (Å²) in [6, 6.07) is 10.8. The summed E-state index contributed by atoms with van der Waals surface area (Å²) in [7, 11) is 0. The fourth-order valence-electron chi connectivity index (χ4n) is 2.67. The van der Waals surface area contributed by atoms with E-state index in [1.807, 2.05) is 0 Å². The molecule has 1 saturated heterocycles. The van der Waals surface area contributed by atoms with E-state index >= 15 is 0 Å². The summed E-state index contributed by atoms with van der Waals surface area (Å²) >= 11 is 0. The van der Waals surface area contributed by atoms with Crippen molar-refractivity contribution in [3.8, 4) is 0 Å². The normalized spacial score (nSPS) is 29.7. The van der Waals surface area contributed by atoms with Crippen molar-refractivity contribution in [1.82, 2.24) is 0 Å². The Kier molecular flexibility index (Phi) is 2.34. The van der Waals surface area contributed by atoms with Crippen molar-refractivity contribution in [2.45, 2.75) is 31.3 Å². The Hall–Kier alpha value is -1.08. The number of ether oxygens (including phenoxy) is 1. The van der Waals surface area contributed by atoms with Crippen LogP contribution < -0.4 is 0 Å². The molecule has 1 aliphatic heterocycles. The minimum atomic E-state index is 0.420. The molecule has 0 N–H and O–H groups in total. The summed E-state index contributed by atoms with van der Waals surface area (Å²) in [6.45, 7) is 0.948. The molecular formula is C14H16O. The summed E-state index contributed by atoms with van der Waals surface area (Å²) in [5.74, 6) is 0.587. The minimum absolute atomic E-state index is 0.420. The summed E-state index contributed by atoms with van der Waals surface area (Å²) in [5, 5.41) is 0. The molecule has 0 amide bonds. The molecular weight excluding hydrogens is 184 g/mol. The van der Waals surface area contributed by atoms with Crippen LogP contribution in [0.15, 0.2) is 42.0 Å². The SMILES string of the molecule is C1=C2CCCOC2CC1c1ccccc1. The first-order valence-corrected chi connectivity index (χ1v) is 5.80. The fourth-order valence-corrected chi connectivity index (χ4v) is 2.67. The quantitative estimate of drug-likeness (QED) is 0.632. The predicted octanol–water partition coefficient (Wildman–Crippen LogP) is 3.28. The van der Waals surface area contributed by atoms with Crippen molar-refractivity contribution >= 4 is 0 Å². The van der Waals surface area contributed by atoms with Gasteiger partial charge in [-0.15, -0.1) is 0 Å². The molecule has 2 unspecified atom stereocenters. The first-order chi connectivity index (χ1) is 7.43. The van der Waals surface area contributed by atoms with Gasteiger partial charge in [-0.1, -0.05) is 36.4 Å². The summed E-state index contributed by atoms with van der Waals surface area (Å²) in [5.41, 5.74) is 2.97. The van der Waals surface area contributed by atoms with Gasteiger partial charge in [0.2, 0.25) is 0 Å². The van der Waals surface area contributed by atoms with E-state index in [1.54, 1.807) is 0 Å². The Labute approximate surface area is 90.8 Å². The van der Waals surface area contributed by atoms with Crippen LogP contribution in [0, 0.1) is 0 Å². The molecule has 2 atom stereocenters. The lowest BCUT2D eigenvalue weighted by atomic mass is 9.98. The zero-order valence-electron chi connectivity index (χ0n) is 8.86. The van der Waals surface area contributed by atoms with Crippen molar-refractivity contribution in [1.29, 1.82) is 0 Å². The maximum atomic E-state index is 5.79. The van der Waals surface area contributed by atoms with E-state index in [9.17, 15) is 0 Å². The van der Waals surface area contributed by atoms with Gasteiger partial charge in [-0.25, -0.2) is 0 Å². The zero-order valence-corrected chi connectivity index (χ0v) is 8.86. The first-order valence-electron chi connectivity index (χ1n) is 5.80. The van der Waals surface area contributed by atoms with Crippen molar-refractivity contribution in [3.63, 3.8) is 0 Å². The molecule has 1 fully saturated rings. The van der Waals surface area contributed by atoms with Crippen molar-refractivity contribution in [2.75, 3.05) is 6.61 Å². The lowest BCUT2D eigenvalue weighted by Crippen LogP contribution is -2.18. The van der Waals surface area contributed by atoms with Gasteiger partial charge in [0.1, 0.15) is 0 Å². The second-order valence-corrected chi connectivity index (χ2v) is 4.46. The maximum absolute atomic E-state index is 5.79. The minimum Gasteiger partial charge on any atom is -0.374 e. The molecule has 0 spiro atoms. The zero-order chi connectivity index (χ0) is 10.1. The Morgan fingerprint density at radius 1 is 1.13 bits per heavy atom. The number of fused-ring (bicyclic) bond motifs is 1. The average molecular weight is 200 g/mol. The topological polar surface area (TPSA) is 9.23 Å². The van der Waals surface area contributed by atoms with Gasteiger partial charge in [0.25, 0.3) is 0 Å². The summed E-state index contributed by atoms with van der Waals surface area (Å²) < 4.78 is 5.79. The van der Waals surface area contributed by atoms with Gasteiger partial charge in [0.15, 0.2) is 0 Å². The van der Waals surface area contributed by atoms with Gasteiger partial charge in [-0.2, -0.15) is 0 Å². The van der Waals surface area contributed by atoms with E-state index in [0.717, 1.165) is 13.0 Å². The largest absolute Gasteiger partial charge is 0.374 e. The van der Waals surface area contributed by atoms with Crippen molar-refractivity contribution in [3.05, 3.63) is 47.5 Å².